The summed E-state index contributed by atoms with van der Waals surface area (Å²) in [7, 11) is 0. The minimum Gasteiger partial charge on any atom is -0.478 e. The molecule has 1 aliphatic rings. The summed E-state index contributed by atoms with van der Waals surface area (Å²) in [4.78, 5) is 13.3. The van der Waals surface area contributed by atoms with Crippen LogP contribution in [0.5, 0.6) is 0 Å². The van der Waals surface area contributed by atoms with Crippen LogP contribution in [0.25, 0.3) is 0 Å². The van der Waals surface area contributed by atoms with E-state index >= 15 is 0 Å². The van der Waals surface area contributed by atoms with E-state index < -0.39 is 11.8 Å². The predicted molar refractivity (Wildman–Crippen MR) is 76.7 cm³/mol. The van der Waals surface area contributed by atoms with Crippen LogP contribution in [0.4, 0.5) is 10.1 Å². The first-order valence-electron chi connectivity index (χ1n) is 7.12. The molecular weight excluding hydrogens is 259 g/mol. The molecule has 110 valence electrons. The molecule has 0 aromatic heterocycles. The zero-order valence-electron chi connectivity index (χ0n) is 11.7. The second-order valence-electron chi connectivity index (χ2n) is 5.26. The standard InChI is InChI=1S/C15H21FN2O2/c1-2-7-18-8-5-12(6-9-18)17-14-10-11(15(19)20)3-4-13(14)16/h3-4,10,12,17H,2,5-9H2,1H3,(H,19,20). The molecule has 0 aliphatic carbocycles. The quantitative estimate of drug-likeness (QED) is 0.871. The number of benzene rings is 1. The Morgan fingerprint density at radius 2 is 2.15 bits per heavy atom. The minimum absolute atomic E-state index is 0.109. The number of nitrogens with zero attached hydrogens (tertiary/aromatic N) is 1. The lowest BCUT2D eigenvalue weighted by Gasteiger charge is -2.32. The largest absolute Gasteiger partial charge is 0.478 e. The van der Waals surface area contributed by atoms with E-state index in [2.05, 4.69) is 17.1 Å². The van der Waals surface area contributed by atoms with Crippen molar-refractivity contribution in [1.29, 1.82) is 0 Å². The molecule has 5 heteroatoms. The molecule has 0 atom stereocenters. The molecule has 1 aliphatic heterocycles. The van der Waals surface area contributed by atoms with Gasteiger partial charge in [0.2, 0.25) is 0 Å². The van der Waals surface area contributed by atoms with Gasteiger partial charge in [-0.1, -0.05) is 6.92 Å². The molecule has 2 rings (SSSR count). The average Bonchev–Trinajstić information content (AvgIpc) is 2.43. The molecule has 1 heterocycles. The lowest BCUT2D eigenvalue weighted by Crippen LogP contribution is -2.39. The number of likely N-dealkylation sites (tertiary alicyclic amines) is 1. The molecule has 2 N–H and O–H groups in total. The van der Waals surface area contributed by atoms with Gasteiger partial charge in [0.15, 0.2) is 0 Å². The van der Waals surface area contributed by atoms with Crippen molar-refractivity contribution >= 4 is 11.7 Å². The molecule has 20 heavy (non-hydrogen) atoms. The number of rotatable bonds is 5. The van der Waals surface area contributed by atoms with Crippen LogP contribution in [0.2, 0.25) is 0 Å². The number of carboxylic acids is 1. The van der Waals surface area contributed by atoms with Crippen LogP contribution < -0.4 is 5.32 Å². The van der Waals surface area contributed by atoms with Crippen LogP contribution in [-0.4, -0.2) is 41.7 Å². The maximum atomic E-state index is 13.7. The summed E-state index contributed by atoms with van der Waals surface area (Å²) in [5, 5.41) is 12.1. The van der Waals surface area contributed by atoms with Crippen molar-refractivity contribution in [2.75, 3.05) is 25.0 Å². The zero-order valence-corrected chi connectivity index (χ0v) is 11.7. The second kappa shape index (κ2) is 6.70. The highest BCUT2D eigenvalue weighted by Crippen LogP contribution is 2.21. The molecule has 0 saturated carbocycles. The van der Waals surface area contributed by atoms with Gasteiger partial charge in [0.1, 0.15) is 5.82 Å². The predicted octanol–water partition coefficient (Wildman–Crippen LogP) is 2.81. The number of piperidine rings is 1. The maximum absolute atomic E-state index is 13.7. The van der Waals surface area contributed by atoms with E-state index in [1.165, 1.54) is 18.2 Å². The summed E-state index contributed by atoms with van der Waals surface area (Å²) in [5.74, 6) is -1.43. The summed E-state index contributed by atoms with van der Waals surface area (Å²) in [6, 6.07) is 4.07. The molecule has 0 bridgehead atoms. The van der Waals surface area contributed by atoms with Gasteiger partial charge in [-0.2, -0.15) is 0 Å². The van der Waals surface area contributed by atoms with Crippen molar-refractivity contribution in [2.24, 2.45) is 0 Å². The summed E-state index contributed by atoms with van der Waals surface area (Å²) in [5.41, 5.74) is 0.399. The number of hydrogen-bond acceptors (Lipinski definition) is 3. The summed E-state index contributed by atoms with van der Waals surface area (Å²) in [6.07, 6.45) is 3.06. The third-order valence-corrected chi connectivity index (χ3v) is 3.70. The van der Waals surface area contributed by atoms with E-state index in [1.807, 2.05) is 0 Å². The number of carboxylic acid groups (broad SMARTS) is 1. The number of aromatic carboxylic acids is 1. The van der Waals surface area contributed by atoms with Gasteiger partial charge in [-0.3, -0.25) is 0 Å². The highest BCUT2D eigenvalue weighted by Gasteiger charge is 2.19. The van der Waals surface area contributed by atoms with Crippen LogP contribution in [0, 0.1) is 5.82 Å². The maximum Gasteiger partial charge on any atom is 0.335 e. The van der Waals surface area contributed by atoms with Crippen molar-refractivity contribution in [3.8, 4) is 0 Å². The van der Waals surface area contributed by atoms with Crippen LogP contribution in [0.3, 0.4) is 0 Å². The number of halogens is 1. The van der Waals surface area contributed by atoms with E-state index in [9.17, 15) is 9.18 Å². The minimum atomic E-state index is -1.04. The first-order valence-corrected chi connectivity index (χ1v) is 7.12. The molecular formula is C15H21FN2O2. The van der Waals surface area contributed by atoms with Gasteiger partial charge in [0.05, 0.1) is 11.3 Å². The molecule has 1 aromatic rings. The van der Waals surface area contributed by atoms with Gasteiger partial charge >= 0.3 is 5.97 Å². The topological polar surface area (TPSA) is 52.6 Å². The third-order valence-electron chi connectivity index (χ3n) is 3.70. The smallest absolute Gasteiger partial charge is 0.335 e. The van der Waals surface area contributed by atoms with E-state index in [0.29, 0.717) is 5.69 Å². The molecule has 0 spiro atoms. The van der Waals surface area contributed by atoms with E-state index in [0.717, 1.165) is 38.9 Å². The number of nitrogens with one attached hydrogen (secondary N) is 1. The fourth-order valence-corrected chi connectivity index (χ4v) is 2.61. The Balaban J connectivity index is 1.97. The Kier molecular flexibility index (Phi) is 4.95. The highest BCUT2D eigenvalue weighted by atomic mass is 19.1. The molecule has 4 nitrogen and oxygen atoms in total. The van der Waals surface area contributed by atoms with Gasteiger partial charge < -0.3 is 15.3 Å². The van der Waals surface area contributed by atoms with Crippen LogP contribution in [-0.2, 0) is 0 Å². The van der Waals surface area contributed by atoms with E-state index in [4.69, 9.17) is 5.11 Å². The van der Waals surface area contributed by atoms with Crippen molar-refractivity contribution in [2.45, 2.75) is 32.2 Å². The number of anilines is 1. The van der Waals surface area contributed by atoms with E-state index in [-0.39, 0.29) is 11.6 Å². The fraction of sp³-hybridized carbons (Fsp3) is 0.533. The number of carbonyl (C=O) groups is 1. The van der Waals surface area contributed by atoms with Crippen molar-refractivity contribution in [3.63, 3.8) is 0 Å². The van der Waals surface area contributed by atoms with Crippen molar-refractivity contribution in [3.05, 3.63) is 29.6 Å². The molecule has 1 aromatic carbocycles. The normalized spacial score (nSPS) is 17.1. The number of hydrogen-bond donors (Lipinski definition) is 2. The average molecular weight is 280 g/mol. The van der Waals surface area contributed by atoms with Crippen molar-refractivity contribution in [1.82, 2.24) is 4.90 Å². The van der Waals surface area contributed by atoms with Crippen LogP contribution in [0.15, 0.2) is 18.2 Å². The third kappa shape index (κ3) is 3.70. The first kappa shape index (κ1) is 14.8. The SMILES string of the molecule is CCCN1CCC(Nc2cc(C(=O)O)ccc2F)CC1. The first-order chi connectivity index (χ1) is 9.60. The summed E-state index contributed by atoms with van der Waals surface area (Å²) in [6.45, 7) is 5.28. The Bertz CT molecular complexity index is 471. The second-order valence-corrected chi connectivity index (χ2v) is 5.26. The molecule has 0 unspecified atom stereocenters. The highest BCUT2D eigenvalue weighted by molar-refractivity contribution is 5.88. The van der Waals surface area contributed by atoms with Gasteiger partial charge in [0.25, 0.3) is 0 Å². The fourth-order valence-electron chi connectivity index (χ4n) is 2.61. The van der Waals surface area contributed by atoms with Gasteiger partial charge in [-0.05, 0) is 44.0 Å². The monoisotopic (exact) mass is 280 g/mol. The molecule has 0 amide bonds. The lowest BCUT2D eigenvalue weighted by molar-refractivity contribution is 0.0697. The summed E-state index contributed by atoms with van der Waals surface area (Å²) >= 11 is 0. The Labute approximate surface area is 118 Å². The van der Waals surface area contributed by atoms with E-state index in [1.54, 1.807) is 0 Å². The van der Waals surface area contributed by atoms with Crippen LogP contribution in [0.1, 0.15) is 36.5 Å². The molecule has 1 fully saturated rings. The van der Waals surface area contributed by atoms with Crippen LogP contribution >= 0.6 is 0 Å². The van der Waals surface area contributed by atoms with Gasteiger partial charge in [-0.25, -0.2) is 9.18 Å². The Morgan fingerprint density at radius 1 is 1.45 bits per heavy atom. The molecule has 1 saturated heterocycles. The Hall–Kier alpha value is -1.62. The zero-order chi connectivity index (χ0) is 14.5. The van der Waals surface area contributed by atoms with Gasteiger partial charge in [-0.15, -0.1) is 0 Å². The van der Waals surface area contributed by atoms with Crippen molar-refractivity contribution < 1.29 is 14.3 Å². The molecule has 0 radical (unpaired) electrons. The van der Waals surface area contributed by atoms with Gasteiger partial charge in [0, 0.05) is 19.1 Å². The summed E-state index contributed by atoms with van der Waals surface area (Å²) < 4.78 is 13.7. The lowest BCUT2D eigenvalue weighted by atomic mass is 10.0. The Morgan fingerprint density at radius 3 is 2.75 bits per heavy atom.